The van der Waals surface area contributed by atoms with Gasteiger partial charge in [-0.25, -0.2) is 0 Å². The molecule has 1 heterocycles. The minimum Gasteiger partial charge on any atom is -0.378 e. The maximum atomic E-state index is 5.77. The lowest BCUT2D eigenvalue weighted by Gasteiger charge is -2.31. The maximum absolute atomic E-state index is 5.77. The lowest BCUT2D eigenvalue weighted by atomic mass is 10.1. The van der Waals surface area contributed by atoms with Gasteiger partial charge in [0.1, 0.15) is 0 Å². The van der Waals surface area contributed by atoms with Gasteiger partial charge in [0, 0.05) is 25.7 Å². The predicted molar refractivity (Wildman–Crippen MR) is 57.2 cm³/mol. The van der Waals surface area contributed by atoms with Crippen molar-refractivity contribution in [2.75, 3.05) is 26.2 Å². The van der Waals surface area contributed by atoms with Gasteiger partial charge in [0.2, 0.25) is 0 Å². The van der Waals surface area contributed by atoms with Crippen molar-refractivity contribution in [3.63, 3.8) is 0 Å². The molecule has 0 aromatic heterocycles. The van der Waals surface area contributed by atoms with E-state index < -0.39 is 0 Å². The second-order valence-electron chi connectivity index (χ2n) is 4.48. The van der Waals surface area contributed by atoms with Gasteiger partial charge in [-0.1, -0.05) is 0 Å². The Labute approximate surface area is 86.6 Å². The molecular weight excluding hydrogens is 176 g/mol. The Kier molecular flexibility index (Phi) is 3.79. The van der Waals surface area contributed by atoms with Crippen LogP contribution in [0.2, 0.25) is 0 Å². The Balaban J connectivity index is 1.58. The van der Waals surface area contributed by atoms with Gasteiger partial charge in [0.15, 0.2) is 0 Å². The molecular formula is C11H22N2O. The molecule has 0 amide bonds. The van der Waals surface area contributed by atoms with E-state index in [0.29, 0.717) is 6.10 Å². The third-order valence-electron chi connectivity index (χ3n) is 3.24. The highest BCUT2D eigenvalue weighted by atomic mass is 16.5. The van der Waals surface area contributed by atoms with Crippen LogP contribution in [-0.4, -0.2) is 43.3 Å². The van der Waals surface area contributed by atoms with Crippen LogP contribution < -0.4 is 5.73 Å². The maximum Gasteiger partial charge on any atom is 0.0599 e. The van der Waals surface area contributed by atoms with E-state index in [9.17, 15) is 0 Å². The fourth-order valence-electron chi connectivity index (χ4n) is 2.18. The van der Waals surface area contributed by atoms with E-state index in [1.807, 2.05) is 0 Å². The molecule has 0 spiro atoms. The van der Waals surface area contributed by atoms with Crippen LogP contribution in [0.3, 0.4) is 0 Å². The zero-order valence-electron chi connectivity index (χ0n) is 8.95. The lowest BCUT2D eigenvalue weighted by molar-refractivity contribution is 0.00561. The van der Waals surface area contributed by atoms with Gasteiger partial charge in [-0.3, -0.25) is 0 Å². The summed E-state index contributed by atoms with van der Waals surface area (Å²) in [6.45, 7) is 4.10. The van der Waals surface area contributed by atoms with Crippen molar-refractivity contribution in [2.24, 2.45) is 5.73 Å². The lowest BCUT2D eigenvalue weighted by Crippen LogP contribution is -2.38. The molecule has 0 aromatic carbocycles. The molecule has 1 aliphatic carbocycles. The molecule has 2 aliphatic rings. The molecule has 1 aliphatic heterocycles. The molecule has 0 bridgehead atoms. The predicted octanol–water partition coefficient (Wildman–Crippen LogP) is 0.979. The molecule has 0 radical (unpaired) electrons. The molecule has 0 aromatic rings. The van der Waals surface area contributed by atoms with Crippen molar-refractivity contribution in [1.82, 2.24) is 4.90 Å². The summed E-state index contributed by atoms with van der Waals surface area (Å²) in [7, 11) is 0. The number of hydrogen-bond acceptors (Lipinski definition) is 3. The van der Waals surface area contributed by atoms with E-state index in [2.05, 4.69) is 4.90 Å². The summed E-state index contributed by atoms with van der Waals surface area (Å²) >= 11 is 0. The first-order chi connectivity index (χ1) is 6.90. The van der Waals surface area contributed by atoms with Gasteiger partial charge in [-0.2, -0.15) is 0 Å². The van der Waals surface area contributed by atoms with Crippen molar-refractivity contribution in [2.45, 2.75) is 44.2 Å². The van der Waals surface area contributed by atoms with Crippen molar-refractivity contribution < 1.29 is 4.74 Å². The Morgan fingerprint density at radius 1 is 1.14 bits per heavy atom. The monoisotopic (exact) mass is 198 g/mol. The smallest absolute Gasteiger partial charge is 0.0599 e. The average molecular weight is 198 g/mol. The Morgan fingerprint density at radius 3 is 2.43 bits per heavy atom. The zero-order valence-corrected chi connectivity index (χ0v) is 8.95. The third-order valence-corrected chi connectivity index (χ3v) is 3.24. The van der Waals surface area contributed by atoms with Crippen molar-refractivity contribution in [1.29, 1.82) is 0 Å². The minimum atomic E-state index is 0.511. The highest BCUT2D eigenvalue weighted by Gasteiger charge is 2.31. The van der Waals surface area contributed by atoms with E-state index in [1.54, 1.807) is 0 Å². The van der Waals surface area contributed by atoms with E-state index in [4.69, 9.17) is 10.5 Å². The van der Waals surface area contributed by atoms with Crippen LogP contribution in [0.1, 0.15) is 32.1 Å². The highest BCUT2D eigenvalue weighted by Crippen LogP contribution is 2.29. The number of ether oxygens (including phenoxy) is 1. The van der Waals surface area contributed by atoms with Gasteiger partial charge in [0.05, 0.1) is 6.10 Å². The second kappa shape index (κ2) is 5.10. The Bertz CT molecular complexity index is 163. The molecule has 1 saturated heterocycles. The molecule has 2 rings (SSSR count). The number of rotatable bonds is 5. The molecule has 2 N–H and O–H groups in total. The largest absolute Gasteiger partial charge is 0.378 e. The van der Waals surface area contributed by atoms with E-state index in [-0.39, 0.29) is 0 Å². The van der Waals surface area contributed by atoms with Gasteiger partial charge in [-0.15, -0.1) is 0 Å². The molecule has 0 atom stereocenters. The van der Waals surface area contributed by atoms with Crippen LogP contribution in [0.25, 0.3) is 0 Å². The first-order valence-corrected chi connectivity index (χ1v) is 5.96. The minimum absolute atomic E-state index is 0.511. The summed E-state index contributed by atoms with van der Waals surface area (Å²) in [6.07, 6.45) is 6.82. The molecule has 3 heteroatoms. The van der Waals surface area contributed by atoms with Gasteiger partial charge >= 0.3 is 0 Å². The molecule has 2 fully saturated rings. The molecule has 0 unspecified atom stereocenters. The fourth-order valence-corrected chi connectivity index (χ4v) is 2.18. The normalized spacial score (nSPS) is 25.5. The third kappa shape index (κ3) is 2.94. The summed E-state index contributed by atoms with van der Waals surface area (Å²) in [4.78, 5) is 2.63. The quantitative estimate of drug-likeness (QED) is 0.669. The fraction of sp³-hybridized carbons (Fsp3) is 1.00. The summed E-state index contributed by atoms with van der Waals surface area (Å²) in [6, 6.07) is 0.931. The number of likely N-dealkylation sites (tertiary alicyclic amines) is 1. The number of piperidine rings is 1. The van der Waals surface area contributed by atoms with Crippen molar-refractivity contribution in [3.8, 4) is 0 Å². The summed E-state index contributed by atoms with van der Waals surface area (Å²) in [5.41, 5.74) is 5.43. The number of hydrogen-bond donors (Lipinski definition) is 1. The molecule has 14 heavy (non-hydrogen) atoms. The second-order valence-corrected chi connectivity index (χ2v) is 4.48. The zero-order chi connectivity index (χ0) is 9.80. The first-order valence-electron chi connectivity index (χ1n) is 5.96. The number of nitrogens with zero attached hydrogens (tertiary/aromatic N) is 1. The van der Waals surface area contributed by atoms with Crippen molar-refractivity contribution >= 4 is 0 Å². The topological polar surface area (TPSA) is 38.5 Å². The van der Waals surface area contributed by atoms with Gasteiger partial charge < -0.3 is 15.4 Å². The van der Waals surface area contributed by atoms with Crippen LogP contribution in [-0.2, 0) is 4.74 Å². The van der Waals surface area contributed by atoms with E-state index in [1.165, 1.54) is 38.8 Å². The van der Waals surface area contributed by atoms with E-state index in [0.717, 1.165) is 25.6 Å². The molecule has 1 saturated carbocycles. The van der Waals surface area contributed by atoms with Crippen LogP contribution in [0.5, 0.6) is 0 Å². The van der Waals surface area contributed by atoms with Gasteiger partial charge in [-0.05, 0) is 38.6 Å². The standard InChI is InChI=1S/C11H22N2O/c12-6-1-9-14-11-4-7-13(8-5-11)10-2-3-10/h10-11H,1-9,12H2. The number of nitrogens with two attached hydrogens (primary N) is 1. The summed E-state index contributed by atoms with van der Waals surface area (Å²) < 4.78 is 5.77. The van der Waals surface area contributed by atoms with Crippen LogP contribution >= 0.6 is 0 Å². The molecule has 3 nitrogen and oxygen atoms in total. The SMILES string of the molecule is NCCCOC1CCN(C2CC2)CC1. The van der Waals surface area contributed by atoms with Crippen LogP contribution in [0.15, 0.2) is 0 Å². The van der Waals surface area contributed by atoms with Crippen LogP contribution in [0.4, 0.5) is 0 Å². The average Bonchev–Trinajstić information content (AvgIpc) is 3.03. The Morgan fingerprint density at radius 2 is 1.86 bits per heavy atom. The molecule has 82 valence electrons. The van der Waals surface area contributed by atoms with Gasteiger partial charge in [0.25, 0.3) is 0 Å². The van der Waals surface area contributed by atoms with Crippen molar-refractivity contribution in [3.05, 3.63) is 0 Å². The first kappa shape index (κ1) is 10.4. The summed E-state index contributed by atoms with van der Waals surface area (Å²) in [5, 5.41) is 0. The van der Waals surface area contributed by atoms with Crippen LogP contribution in [0, 0.1) is 0 Å². The summed E-state index contributed by atoms with van der Waals surface area (Å²) in [5.74, 6) is 0. The van der Waals surface area contributed by atoms with E-state index >= 15 is 0 Å². The highest BCUT2D eigenvalue weighted by molar-refractivity contribution is 4.87. The Hall–Kier alpha value is -0.120.